The number of nitrogens with one attached hydrogen (secondary N) is 1. The Hall–Kier alpha value is -3.02. The Labute approximate surface area is 167 Å². The molecule has 0 fully saturated rings. The number of amides is 1. The van der Waals surface area contributed by atoms with Gasteiger partial charge in [0.2, 0.25) is 0 Å². The Kier molecular flexibility index (Phi) is 8.34. The van der Waals surface area contributed by atoms with E-state index in [9.17, 15) is 4.79 Å². The summed E-state index contributed by atoms with van der Waals surface area (Å²) in [5, 5.41) is 4.26. The molecule has 1 amide bonds. The molecule has 0 aliphatic carbocycles. The van der Waals surface area contributed by atoms with E-state index in [1.54, 1.807) is 17.2 Å². The third-order valence-corrected chi connectivity index (χ3v) is 4.19. The number of nitrogens with zero attached hydrogens (tertiary/aromatic N) is 2. The van der Waals surface area contributed by atoms with Gasteiger partial charge in [-0.25, -0.2) is 0 Å². The normalized spacial score (nSPS) is 10.7. The maximum absolute atomic E-state index is 12.1. The molecule has 0 heterocycles. The van der Waals surface area contributed by atoms with Crippen LogP contribution in [0.25, 0.3) is 0 Å². The van der Waals surface area contributed by atoms with E-state index in [1.807, 2.05) is 64.1 Å². The van der Waals surface area contributed by atoms with Crippen molar-refractivity contribution in [2.45, 2.75) is 27.7 Å². The Morgan fingerprint density at radius 3 is 2.39 bits per heavy atom. The van der Waals surface area contributed by atoms with Gasteiger partial charge in [-0.2, -0.15) is 5.10 Å². The Bertz CT molecular complexity index is 784. The highest BCUT2D eigenvalue weighted by molar-refractivity contribution is 5.82. The van der Waals surface area contributed by atoms with Crippen LogP contribution < -0.4 is 14.9 Å². The van der Waals surface area contributed by atoms with Crippen LogP contribution in [-0.2, 0) is 4.79 Å². The van der Waals surface area contributed by atoms with E-state index < -0.39 is 0 Å². The van der Waals surface area contributed by atoms with Crippen LogP contribution in [0.5, 0.6) is 11.5 Å². The Balaban J connectivity index is 2.03. The van der Waals surface area contributed by atoms with E-state index in [0.717, 1.165) is 11.3 Å². The number of aryl methyl sites for hydroxylation is 1. The molecule has 2 aromatic carbocycles. The van der Waals surface area contributed by atoms with E-state index >= 15 is 0 Å². The lowest BCUT2D eigenvalue weighted by molar-refractivity contribution is -0.132. The van der Waals surface area contributed by atoms with Crippen molar-refractivity contribution >= 4 is 17.8 Å². The fraction of sp³-hybridized carbons (Fsp3) is 0.364. The summed E-state index contributed by atoms with van der Waals surface area (Å²) < 4.78 is 11.4. The third kappa shape index (κ3) is 6.30. The zero-order valence-corrected chi connectivity index (χ0v) is 17.1. The van der Waals surface area contributed by atoms with Gasteiger partial charge in [-0.15, -0.1) is 0 Å². The van der Waals surface area contributed by atoms with E-state index in [-0.39, 0.29) is 12.5 Å². The zero-order chi connectivity index (χ0) is 20.4. The molecule has 0 saturated carbocycles. The summed E-state index contributed by atoms with van der Waals surface area (Å²) in [6, 6.07) is 13.5. The molecule has 0 spiro atoms. The summed E-state index contributed by atoms with van der Waals surface area (Å²) in [6.07, 6.45) is 1.72. The number of benzene rings is 2. The summed E-state index contributed by atoms with van der Waals surface area (Å²) in [5.74, 6) is 1.10. The average molecular weight is 383 g/mol. The smallest absolute Gasteiger partial charge is 0.260 e. The number of hydrazone groups is 1. The molecule has 0 aliphatic heterocycles. The lowest BCUT2D eigenvalue weighted by Crippen LogP contribution is -2.34. The molecule has 0 aromatic heterocycles. The van der Waals surface area contributed by atoms with Crippen molar-refractivity contribution in [2.75, 3.05) is 31.7 Å². The van der Waals surface area contributed by atoms with E-state index in [4.69, 9.17) is 9.47 Å². The number of carbonyl (C=O) groups is 1. The van der Waals surface area contributed by atoms with Crippen LogP contribution in [-0.4, -0.2) is 43.3 Å². The summed E-state index contributed by atoms with van der Waals surface area (Å²) >= 11 is 0. The number of anilines is 1. The van der Waals surface area contributed by atoms with Gasteiger partial charge in [-0.1, -0.05) is 17.7 Å². The highest BCUT2D eigenvalue weighted by Gasteiger charge is 2.12. The molecule has 0 aliphatic rings. The number of hydrogen-bond acceptors (Lipinski definition) is 5. The highest BCUT2D eigenvalue weighted by atomic mass is 16.5. The van der Waals surface area contributed by atoms with E-state index in [0.29, 0.717) is 31.2 Å². The monoisotopic (exact) mass is 383 g/mol. The highest BCUT2D eigenvalue weighted by Crippen LogP contribution is 2.28. The van der Waals surface area contributed by atoms with Crippen LogP contribution in [0.4, 0.5) is 5.69 Å². The first-order valence-electron chi connectivity index (χ1n) is 9.60. The predicted octanol–water partition coefficient (Wildman–Crippen LogP) is 4.09. The molecular weight excluding hydrogens is 354 g/mol. The van der Waals surface area contributed by atoms with Gasteiger partial charge in [-0.05, 0) is 63.6 Å². The van der Waals surface area contributed by atoms with Gasteiger partial charge >= 0.3 is 0 Å². The SMILES string of the molecule is CCOc1cc(/C=N/Nc2ccc(C)cc2)ccc1OCC(=O)N(CC)CC. The van der Waals surface area contributed by atoms with Crippen LogP contribution in [0.1, 0.15) is 31.9 Å². The molecule has 2 aromatic rings. The van der Waals surface area contributed by atoms with Crippen LogP contribution >= 0.6 is 0 Å². The van der Waals surface area contributed by atoms with Crippen LogP contribution in [0.15, 0.2) is 47.6 Å². The number of likely N-dealkylation sites (N-methyl/N-ethyl adjacent to an activating group) is 1. The minimum atomic E-state index is -0.0413. The van der Waals surface area contributed by atoms with Crippen molar-refractivity contribution in [3.63, 3.8) is 0 Å². The first-order chi connectivity index (χ1) is 13.6. The topological polar surface area (TPSA) is 63.2 Å². The van der Waals surface area contributed by atoms with Gasteiger partial charge in [0.25, 0.3) is 5.91 Å². The molecule has 150 valence electrons. The maximum Gasteiger partial charge on any atom is 0.260 e. The minimum absolute atomic E-state index is 0.00975. The van der Waals surface area contributed by atoms with Crippen molar-refractivity contribution in [1.82, 2.24) is 4.90 Å². The van der Waals surface area contributed by atoms with Crippen molar-refractivity contribution in [3.05, 3.63) is 53.6 Å². The van der Waals surface area contributed by atoms with Crippen molar-refractivity contribution in [2.24, 2.45) is 5.10 Å². The van der Waals surface area contributed by atoms with Gasteiger partial charge in [0, 0.05) is 13.1 Å². The van der Waals surface area contributed by atoms with E-state index in [2.05, 4.69) is 10.5 Å². The van der Waals surface area contributed by atoms with Crippen molar-refractivity contribution in [3.8, 4) is 11.5 Å². The second kappa shape index (κ2) is 11.0. The second-order valence-electron chi connectivity index (χ2n) is 6.23. The van der Waals surface area contributed by atoms with Gasteiger partial charge in [-0.3, -0.25) is 10.2 Å². The third-order valence-electron chi connectivity index (χ3n) is 4.19. The Morgan fingerprint density at radius 1 is 1.04 bits per heavy atom. The average Bonchev–Trinajstić information content (AvgIpc) is 2.70. The van der Waals surface area contributed by atoms with Crippen molar-refractivity contribution in [1.29, 1.82) is 0 Å². The Morgan fingerprint density at radius 2 is 1.75 bits per heavy atom. The quantitative estimate of drug-likeness (QED) is 0.496. The molecule has 28 heavy (non-hydrogen) atoms. The van der Waals surface area contributed by atoms with Crippen LogP contribution in [0.2, 0.25) is 0 Å². The number of carbonyl (C=O) groups excluding carboxylic acids is 1. The van der Waals surface area contributed by atoms with Crippen molar-refractivity contribution < 1.29 is 14.3 Å². The van der Waals surface area contributed by atoms with Gasteiger partial charge in [0.15, 0.2) is 18.1 Å². The molecule has 0 atom stereocenters. The first-order valence-corrected chi connectivity index (χ1v) is 9.60. The standard InChI is InChI=1S/C22H29N3O3/c1-5-25(6-2)22(26)16-28-20-13-10-18(14-21(20)27-7-3)15-23-24-19-11-8-17(4)9-12-19/h8-15,24H,5-7,16H2,1-4H3/b23-15+. The fourth-order valence-electron chi connectivity index (χ4n) is 2.61. The van der Waals surface area contributed by atoms with Gasteiger partial charge in [0.05, 0.1) is 18.5 Å². The van der Waals surface area contributed by atoms with Gasteiger partial charge in [0.1, 0.15) is 0 Å². The largest absolute Gasteiger partial charge is 0.490 e. The molecular formula is C22H29N3O3. The second-order valence-corrected chi connectivity index (χ2v) is 6.23. The molecule has 6 nitrogen and oxygen atoms in total. The molecule has 0 saturated heterocycles. The predicted molar refractivity (Wildman–Crippen MR) is 113 cm³/mol. The fourth-order valence-corrected chi connectivity index (χ4v) is 2.61. The zero-order valence-electron chi connectivity index (χ0n) is 17.1. The molecule has 0 bridgehead atoms. The summed E-state index contributed by atoms with van der Waals surface area (Å²) in [7, 11) is 0. The summed E-state index contributed by atoms with van der Waals surface area (Å²) in [4.78, 5) is 13.9. The number of ether oxygens (including phenoxy) is 2. The molecule has 1 N–H and O–H groups in total. The lowest BCUT2D eigenvalue weighted by Gasteiger charge is -2.19. The summed E-state index contributed by atoms with van der Waals surface area (Å²) in [6.45, 7) is 9.68. The van der Waals surface area contributed by atoms with Crippen LogP contribution in [0, 0.1) is 6.92 Å². The molecule has 6 heteroatoms. The molecule has 2 rings (SSSR count). The van der Waals surface area contributed by atoms with E-state index in [1.165, 1.54) is 5.56 Å². The van der Waals surface area contributed by atoms with Crippen LogP contribution in [0.3, 0.4) is 0 Å². The molecule has 0 unspecified atom stereocenters. The maximum atomic E-state index is 12.1. The van der Waals surface area contributed by atoms with Gasteiger partial charge < -0.3 is 14.4 Å². The first kappa shape index (κ1) is 21.3. The molecule has 0 radical (unpaired) electrons. The lowest BCUT2D eigenvalue weighted by atomic mass is 10.2. The summed E-state index contributed by atoms with van der Waals surface area (Å²) in [5.41, 5.74) is 5.98. The number of hydrogen-bond donors (Lipinski definition) is 1. The number of rotatable bonds is 10. The minimum Gasteiger partial charge on any atom is -0.490 e.